The zero-order valence-electron chi connectivity index (χ0n) is 5.94. The molecule has 1 heterocycles. The van der Waals surface area contributed by atoms with Gasteiger partial charge in [-0.2, -0.15) is 0 Å². The Morgan fingerprint density at radius 3 is 2.38 bits per heavy atom. The Bertz CT molecular complexity index is 455. The second kappa shape index (κ2) is 3.18. The normalized spacial score (nSPS) is 17.1. The van der Waals surface area contributed by atoms with Gasteiger partial charge in [-0.05, 0) is 12.1 Å². The fourth-order valence-corrected chi connectivity index (χ4v) is 2.29. The van der Waals surface area contributed by atoms with Crippen molar-refractivity contribution in [3.8, 4) is 0 Å². The Morgan fingerprint density at radius 1 is 1.15 bits per heavy atom. The van der Waals surface area contributed by atoms with Gasteiger partial charge in [0.25, 0.3) is 15.9 Å². The summed E-state index contributed by atoms with van der Waals surface area (Å²) >= 11 is 0. The molecule has 1 aromatic carbocycles. The van der Waals surface area contributed by atoms with Gasteiger partial charge in [0, 0.05) is 0 Å². The van der Waals surface area contributed by atoms with Gasteiger partial charge < -0.3 is 0 Å². The van der Waals surface area contributed by atoms with Gasteiger partial charge in [-0.1, -0.05) is 12.1 Å². The van der Waals surface area contributed by atoms with Gasteiger partial charge in [-0.15, -0.1) is 0 Å². The van der Waals surface area contributed by atoms with Gasteiger partial charge in [0.1, 0.15) is 4.90 Å². The molecule has 0 aliphatic carbocycles. The summed E-state index contributed by atoms with van der Waals surface area (Å²) in [5, 5.41) is 0. The van der Waals surface area contributed by atoms with E-state index in [2.05, 4.69) is 0 Å². The number of hydrogen-bond acceptors (Lipinski definition) is 3. The van der Waals surface area contributed by atoms with E-state index in [4.69, 9.17) is 0 Å². The molecule has 0 spiro atoms. The average Bonchev–Trinajstić information content (AvgIpc) is 2.25. The minimum atomic E-state index is -3.55. The number of sulfonamides is 1. The predicted molar refractivity (Wildman–Crippen MR) is 48.2 cm³/mol. The summed E-state index contributed by atoms with van der Waals surface area (Å²) in [4.78, 5) is 11.1. The Balaban J connectivity index is 0.000000845. The number of rotatable bonds is 0. The van der Waals surface area contributed by atoms with Gasteiger partial charge in [-0.3, -0.25) is 4.79 Å². The standard InChI is InChI=1S/C7H5NO3S.Li.H/c9-7-5-3-1-2-4-6(5)12(10,11)8-7;;/h1-4H,(H,8,9);;. The predicted octanol–water partition coefficient (Wildman–Crippen LogP) is -0.530. The first kappa shape index (κ1) is 10.3. The molecule has 13 heavy (non-hydrogen) atoms. The number of carbonyl (C=O) groups excluding carboxylic acids is 1. The van der Waals surface area contributed by atoms with Crippen LogP contribution in [-0.4, -0.2) is 33.2 Å². The Labute approximate surface area is 87.6 Å². The van der Waals surface area contributed by atoms with E-state index >= 15 is 0 Å². The number of benzene rings is 1. The summed E-state index contributed by atoms with van der Waals surface area (Å²) in [6, 6.07) is 6.09. The number of carbonyl (C=O) groups is 1. The zero-order chi connectivity index (χ0) is 8.77. The number of amides is 1. The van der Waals surface area contributed by atoms with Crippen LogP contribution in [0.25, 0.3) is 0 Å². The van der Waals surface area contributed by atoms with Gasteiger partial charge in [-0.25, -0.2) is 13.1 Å². The molecule has 1 amide bonds. The van der Waals surface area contributed by atoms with Crippen molar-refractivity contribution in [2.75, 3.05) is 0 Å². The van der Waals surface area contributed by atoms with E-state index < -0.39 is 15.9 Å². The SMILES string of the molecule is O=C1NS(=O)(=O)c2ccccc21.[LiH]. The van der Waals surface area contributed by atoms with E-state index in [1.165, 1.54) is 12.1 Å². The Kier molecular flexibility index (Phi) is 2.53. The summed E-state index contributed by atoms with van der Waals surface area (Å²) in [7, 11) is -3.55. The van der Waals surface area contributed by atoms with E-state index in [0.29, 0.717) is 0 Å². The van der Waals surface area contributed by atoms with Crippen molar-refractivity contribution in [1.29, 1.82) is 0 Å². The molecule has 2 rings (SSSR count). The Hall–Kier alpha value is -0.763. The molecule has 0 unspecified atom stereocenters. The average molecular weight is 191 g/mol. The molecular weight excluding hydrogens is 185 g/mol. The molecule has 0 bridgehead atoms. The van der Waals surface area contributed by atoms with E-state index in [1.807, 2.05) is 4.72 Å². The van der Waals surface area contributed by atoms with Crippen LogP contribution in [0.4, 0.5) is 0 Å². The molecule has 4 nitrogen and oxygen atoms in total. The van der Waals surface area contributed by atoms with Crippen molar-refractivity contribution < 1.29 is 13.2 Å². The molecule has 0 atom stereocenters. The van der Waals surface area contributed by atoms with Gasteiger partial charge in [0.05, 0.1) is 5.56 Å². The third-order valence-electron chi connectivity index (χ3n) is 1.65. The molecule has 1 N–H and O–H groups in total. The van der Waals surface area contributed by atoms with Crippen molar-refractivity contribution in [3.05, 3.63) is 29.8 Å². The summed E-state index contributed by atoms with van der Waals surface area (Å²) in [5.74, 6) is -0.550. The van der Waals surface area contributed by atoms with Crippen molar-refractivity contribution in [1.82, 2.24) is 4.72 Å². The monoisotopic (exact) mass is 191 g/mol. The van der Waals surface area contributed by atoms with Gasteiger partial charge in [0.15, 0.2) is 0 Å². The molecule has 1 aromatic rings. The molecule has 6 heteroatoms. The van der Waals surface area contributed by atoms with E-state index in [9.17, 15) is 13.2 Å². The topological polar surface area (TPSA) is 63.2 Å². The second-order valence-corrected chi connectivity index (χ2v) is 4.08. The summed E-state index contributed by atoms with van der Waals surface area (Å²) in [6.07, 6.45) is 0. The van der Waals surface area contributed by atoms with E-state index in [0.717, 1.165) is 0 Å². The molecule has 0 aromatic heterocycles. The molecule has 0 saturated heterocycles. The maximum atomic E-state index is 11.1. The molecule has 0 saturated carbocycles. The van der Waals surface area contributed by atoms with Crippen molar-refractivity contribution in [2.24, 2.45) is 0 Å². The summed E-state index contributed by atoms with van der Waals surface area (Å²) in [6.45, 7) is 0. The quantitative estimate of drug-likeness (QED) is 0.561. The van der Waals surface area contributed by atoms with Crippen LogP contribution in [-0.2, 0) is 10.0 Å². The molecule has 0 fully saturated rings. The van der Waals surface area contributed by atoms with E-state index in [1.54, 1.807) is 12.1 Å². The molecular formula is C7H6LiNO3S. The number of fused-ring (bicyclic) bond motifs is 1. The first-order chi connectivity index (χ1) is 5.61. The fourth-order valence-electron chi connectivity index (χ4n) is 1.12. The third-order valence-corrected chi connectivity index (χ3v) is 3.04. The van der Waals surface area contributed by atoms with Crippen molar-refractivity contribution in [3.63, 3.8) is 0 Å². The van der Waals surface area contributed by atoms with Crippen molar-refractivity contribution >= 4 is 34.8 Å². The van der Waals surface area contributed by atoms with Crippen LogP contribution in [0, 0.1) is 0 Å². The number of nitrogens with one attached hydrogen (secondary N) is 1. The zero-order valence-corrected chi connectivity index (χ0v) is 6.76. The second-order valence-electron chi connectivity index (χ2n) is 2.43. The van der Waals surface area contributed by atoms with Crippen LogP contribution in [0.15, 0.2) is 29.2 Å². The molecule has 64 valence electrons. The molecule has 1 aliphatic heterocycles. The van der Waals surface area contributed by atoms with Gasteiger partial charge >= 0.3 is 18.9 Å². The molecule has 1 aliphatic rings. The van der Waals surface area contributed by atoms with E-state index in [-0.39, 0.29) is 29.3 Å². The van der Waals surface area contributed by atoms with Crippen LogP contribution < -0.4 is 4.72 Å². The van der Waals surface area contributed by atoms with Gasteiger partial charge in [0.2, 0.25) is 0 Å². The fraction of sp³-hybridized carbons (Fsp3) is 0. The van der Waals surface area contributed by atoms with Crippen LogP contribution in [0.5, 0.6) is 0 Å². The van der Waals surface area contributed by atoms with Crippen LogP contribution in [0.3, 0.4) is 0 Å². The summed E-state index contributed by atoms with van der Waals surface area (Å²) in [5.41, 5.74) is 0.220. The maximum absolute atomic E-state index is 11.1. The first-order valence-electron chi connectivity index (χ1n) is 3.27. The molecule has 0 radical (unpaired) electrons. The van der Waals surface area contributed by atoms with Crippen LogP contribution in [0.2, 0.25) is 0 Å². The first-order valence-corrected chi connectivity index (χ1v) is 4.76. The third kappa shape index (κ3) is 1.51. The van der Waals surface area contributed by atoms with Crippen LogP contribution in [0.1, 0.15) is 10.4 Å². The van der Waals surface area contributed by atoms with Crippen molar-refractivity contribution in [2.45, 2.75) is 4.90 Å². The van der Waals surface area contributed by atoms with Crippen LogP contribution >= 0.6 is 0 Å². The summed E-state index contributed by atoms with van der Waals surface area (Å²) < 4.78 is 24.2. The Morgan fingerprint density at radius 2 is 1.77 bits per heavy atom. The minimum absolute atomic E-state index is 0. The number of hydrogen-bond donors (Lipinski definition) is 1.